The topological polar surface area (TPSA) is 26.0 Å². The molecule has 2 N–H and O–H groups in total. The lowest BCUT2D eigenvalue weighted by molar-refractivity contribution is 0.627. The van der Waals surface area contributed by atoms with Crippen molar-refractivity contribution in [2.24, 2.45) is 5.73 Å². The van der Waals surface area contributed by atoms with Crippen LogP contribution < -0.4 is 5.73 Å². The van der Waals surface area contributed by atoms with Gasteiger partial charge in [0.25, 0.3) is 0 Å². The van der Waals surface area contributed by atoms with Crippen molar-refractivity contribution in [3.8, 4) is 0 Å². The third kappa shape index (κ3) is 2.38. The van der Waals surface area contributed by atoms with Crippen LogP contribution in [0.5, 0.6) is 0 Å². The molecule has 0 spiro atoms. The van der Waals surface area contributed by atoms with Crippen molar-refractivity contribution in [1.29, 1.82) is 0 Å². The maximum atomic E-state index is 13.2. The van der Waals surface area contributed by atoms with E-state index in [0.717, 1.165) is 24.0 Å². The number of halogens is 2. The van der Waals surface area contributed by atoms with Gasteiger partial charge in [0.15, 0.2) is 0 Å². The summed E-state index contributed by atoms with van der Waals surface area (Å²) in [6, 6.07) is 10.8. The van der Waals surface area contributed by atoms with Crippen LogP contribution in [-0.2, 0) is 12.8 Å². The number of hydrogen-bond acceptors (Lipinski definition) is 1. The van der Waals surface area contributed by atoms with Gasteiger partial charge in [0.2, 0.25) is 0 Å². The highest BCUT2D eigenvalue weighted by Crippen LogP contribution is 2.28. The van der Waals surface area contributed by atoms with Gasteiger partial charge in [-0.3, -0.25) is 0 Å². The molecule has 0 heterocycles. The average molecular weight is 276 g/mol. The Kier molecular flexibility index (Phi) is 3.29. The van der Waals surface area contributed by atoms with Gasteiger partial charge in [-0.25, -0.2) is 4.39 Å². The lowest BCUT2D eigenvalue weighted by atomic mass is 9.96. The summed E-state index contributed by atoms with van der Waals surface area (Å²) in [6.07, 6.45) is 3.50. The zero-order chi connectivity index (χ0) is 13.4. The van der Waals surface area contributed by atoms with Crippen molar-refractivity contribution in [2.75, 3.05) is 0 Å². The Bertz CT molecular complexity index is 624. The van der Waals surface area contributed by atoms with Gasteiger partial charge in [-0.05, 0) is 53.6 Å². The first kappa shape index (κ1) is 12.6. The monoisotopic (exact) mass is 275 g/mol. The predicted octanol–water partition coefficient (Wildman–Crippen LogP) is 4.02. The summed E-state index contributed by atoms with van der Waals surface area (Å²) in [6.45, 7) is 0. The van der Waals surface area contributed by atoms with Gasteiger partial charge < -0.3 is 5.73 Å². The fourth-order valence-corrected chi connectivity index (χ4v) is 2.87. The predicted molar refractivity (Wildman–Crippen MR) is 75.9 cm³/mol. The number of nitrogens with two attached hydrogens (primary N) is 1. The molecule has 3 heteroatoms. The van der Waals surface area contributed by atoms with E-state index < -0.39 is 5.82 Å². The van der Waals surface area contributed by atoms with Gasteiger partial charge in [-0.2, -0.15) is 0 Å². The van der Waals surface area contributed by atoms with Crippen molar-refractivity contribution in [2.45, 2.75) is 25.3 Å². The van der Waals surface area contributed by atoms with Crippen LogP contribution in [0.3, 0.4) is 0 Å². The maximum absolute atomic E-state index is 13.2. The molecular weight excluding hydrogens is 261 g/mol. The van der Waals surface area contributed by atoms with E-state index >= 15 is 0 Å². The zero-order valence-electron chi connectivity index (χ0n) is 10.5. The molecule has 2 aromatic rings. The molecule has 0 aliphatic heterocycles. The minimum Gasteiger partial charge on any atom is -0.320 e. The molecule has 1 aliphatic rings. The van der Waals surface area contributed by atoms with Crippen LogP contribution in [0.25, 0.3) is 0 Å². The maximum Gasteiger partial charge on any atom is 0.141 e. The van der Waals surface area contributed by atoms with Crippen molar-refractivity contribution in [1.82, 2.24) is 0 Å². The molecule has 3 rings (SSSR count). The second-order valence-electron chi connectivity index (χ2n) is 5.03. The summed E-state index contributed by atoms with van der Waals surface area (Å²) >= 11 is 5.81. The summed E-state index contributed by atoms with van der Waals surface area (Å²) in [4.78, 5) is 0. The molecule has 1 atom stereocenters. The van der Waals surface area contributed by atoms with Crippen molar-refractivity contribution >= 4 is 11.6 Å². The highest BCUT2D eigenvalue weighted by atomic mass is 35.5. The molecular formula is C16H15ClFN. The quantitative estimate of drug-likeness (QED) is 0.880. The molecule has 0 aromatic heterocycles. The van der Waals surface area contributed by atoms with Crippen molar-refractivity contribution in [3.05, 3.63) is 69.5 Å². The van der Waals surface area contributed by atoms with E-state index in [1.165, 1.54) is 23.6 Å². The van der Waals surface area contributed by atoms with Crippen LogP contribution in [0.15, 0.2) is 36.4 Å². The van der Waals surface area contributed by atoms with Crippen molar-refractivity contribution < 1.29 is 4.39 Å². The summed E-state index contributed by atoms with van der Waals surface area (Å²) < 4.78 is 13.2. The summed E-state index contributed by atoms with van der Waals surface area (Å²) in [5, 5.41) is 0.120. The molecule has 19 heavy (non-hydrogen) atoms. The highest BCUT2D eigenvalue weighted by molar-refractivity contribution is 6.30. The highest BCUT2D eigenvalue weighted by Gasteiger charge is 2.15. The van der Waals surface area contributed by atoms with Gasteiger partial charge in [0.05, 0.1) is 11.1 Å². The van der Waals surface area contributed by atoms with Crippen LogP contribution in [0.1, 0.15) is 34.7 Å². The largest absolute Gasteiger partial charge is 0.320 e. The fourth-order valence-electron chi connectivity index (χ4n) is 2.68. The van der Waals surface area contributed by atoms with E-state index in [1.54, 1.807) is 12.1 Å². The Morgan fingerprint density at radius 2 is 1.68 bits per heavy atom. The lowest BCUT2D eigenvalue weighted by Crippen LogP contribution is -2.12. The Balaban J connectivity index is 1.94. The van der Waals surface area contributed by atoms with Gasteiger partial charge in [0.1, 0.15) is 5.82 Å². The van der Waals surface area contributed by atoms with Crippen molar-refractivity contribution in [3.63, 3.8) is 0 Å². The Morgan fingerprint density at radius 1 is 1.00 bits per heavy atom. The van der Waals surface area contributed by atoms with Crippen LogP contribution in [0.4, 0.5) is 4.39 Å². The van der Waals surface area contributed by atoms with E-state index in [2.05, 4.69) is 18.2 Å². The minimum atomic E-state index is -0.411. The molecule has 2 aromatic carbocycles. The number of fused-ring (bicyclic) bond motifs is 1. The molecule has 1 unspecified atom stereocenters. The smallest absolute Gasteiger partial charge is 0.141 e. The summed E-state index contributed by atoms with van der Waals surface area (Å²) in [7, 11) is 0. The third-order valence-electron chi connectivity index (χ3n) is 3.78. The van der Waals surface area contributed by atoms with Gasteiger partial charge in [-0.1, -0.05) is 35.9 Å². The first-order valence-corrected chi connectivity index (χ1v) is 6.85. The molecule has 98 valence electrons. The summed E-state index contributed by atoms with van der Waals surface area (Å²) in [5.41, 5.74) is 11.0. The number of rotatable bonds is 2. The van der Waals surface area contributed by atoms with E-state index in [1.807, 2.05) is 0 Å². The van der Waals surface area contributed by atoms with Gasteiger partial charge in [-0.15, -0.1) is 0 Å². The molecule has 1 aliphatic carbocycles. The van der Waals surface area contributed by atoms with Crippen LogP contribution >= 0.6 is 11.6 Å². The average Bonchev–Trinajstić information content (AvgIpc) is 2.88. The minimum absolute atomic E-state index is 0.120. The number of aryl methyl sites for hydroxylation is 2. The standard InChI is InChI=1S/C16H15ClFN/c17-14-9-13(6-7-15(14)18)16(19)12-5-4-10-2-1-3-11(10)8-12/h4-9,16H,1-3,19H2. The molecule has 0 bridgehead atoms. The fraction of sp³-hybridized carbons (Fsp3) is 0.250. The zero-order valence-corrected chi connectivity index (χ0v) is 11.3. The third-order valence-corrected chi connectivity index (χ3v) is 4.07. The Labute approximate surface area is 117 Å². The van der Waals surface area contributed by atoms with E-state index in [0.29, 0.717) is 0 Å². The second-order valence-corrected chi connectivity index (χ2v) is 5.44. The Morgan fingerprint density at radius 3 is 2.47 bits per heavy atom. The molecule has 0 saturated carbocycles. The van der Waals surface area contributed by atoms with Crippen LogP contribution in [0.2, 0.25) is 5.02 Å². The van der Waals surface area contributed by atoms with E-state index in [9.17, 15) is 4.39 Å². The first-order valence-electron chi connectivity index (χ1n) is 6.47. The normalized spacial score (nSPS) is 15.3. The molecule has 0 fully saturated rings. The number of benzene rings is 2. The van der Waals surface area contributed by atoms with Gasteiger partial charge in [0, 0.05) is 0 Å². The van der Waals surface area contributed by atoms with Crippen LogP contribution in [0, 0.1) is 5.82 Å². The number of hydrogen-bond donors (Lipinski definition) is 1. The molecule has 0 radical (unpaired) electrons. The van der Waals surface area contributed by atoms with Crippen LogP contribution in [-0.4, -0.2) is 0 Å². The molecule has 0 saturated heterocycles. The SMILES string of the molecule is NC(c1ccc(F)c(Cl)c1)c1ccc2c(c1)CCC2. The van der Waals surface area contributed by atoms with E-state index in [-0.39, 0.29) is 11.1 Å². The molecule has 1 nitrogen and oxygen atoms in total. The first-order chi connectivity index (χ1) is 9.15. The summed E-state index contributed by atoms with van der Waals surface area (Å²) in [5.74, 6) is -0.411. The van der Waals surface area contributed by atoms with Gasteiger partial charge >= 0.3 is 0 Å². The molecule has 0 amide bonds. The Hall–Kier alpha value is -1.38. The lowest BCUT2D eigenvalue weighted by Gasteiger charge is -2.14. The van der Waals surface area contributed by atoms with E-state index in [4.69, 9.17) is 17.3 Å². The second kappa shape index (κ2) is 4.95.